The van der Waals surface area contributed by atoms with Crippen molar-refractivity contribution in [2.75, 3.05) is 36.0 Å². The molecule has 132 valence electrons. The Balaban J connectivity index is 1.50. The van der Waals surface area contributed by atoms with E-state index in [2.05, 4.69) is 19.8 Å². The van der Waals surface area contributed by atoms with Crippen molar-refractivity contribution in [3.05, 3.63) is 48.0 Å². The first-order valence-corrected chi connectivity index (χ1v) is 8.94. The summed E-state index contributed by atoms with van der Waals surface area (Å²) in [6, 6.07) is 9.07. The predicted molar refractivity (Wildman–Crippen MR) is 95.5 cm³/mol. The lowest BCUT2D eigenvalue weighted by molar-refractivity contribution is 0.266. The molecule has 0 bridgehead atoms. The summed E-state index contributed by atoms with van der Waals surface area (Å²) >= 11 is 0. The van der Waals surface area contributed by atoms with E-state index in [4.69, 9.17) is 0 Å². The molecule has 0 radical (unpaired) electrons. The second kappa shape index (κ2) is 6.96. The molecule has 0 amide bonds. The van der Waals surface area contributed by atoms with E-state index in [9.17, 15) is 9.50 Å². The maximum atomic E-state index is 13.5. The van der Waals surface area contributed by atoms with E-state index in [1.807, 2.05) is 12.1 Å². The zero-order valence-corrected chi connectivity index (χ0v) is 14.2. The SMILES string of the molecule is OC[C@H]1CCCN1c1cc(N2CC[C@@H](c3cccc(F)c3)C2)ncn1. The first-order chi connectivity index (χ1) is 12.2. The Morgan fingerprint density at radius 2 is 2.00 bits per heavy atom. The van der Waals surface area contributed by atoms with Gasteiger partial charge in [-0.1, -0.05) is 12.1 Å². The average molecular weight is 342 g/mol. The molecule has 1 aromatic heterocycles. The van der Waals surface area contributed by atoms with Gasteiger partial charge in [-0.2, -0.15) is 0 Å². The Morgan fingerprint density at radius 3 is 2.84 bits per heavy atom. The van der Waals surface area contributed by atoms with Gasteiger partial charge in [0.1, 0.15) is 23.8 Å². The molecule has 1 aromatic carbocycles. The standard InChI is InChI=1S/C19H23FN4O/c20-16-4-1-3-14(9-16)15-6-8-23(11-15)18-10-19(22-13-21-18)24-7-2-5-17(24)12-25/h1,3-4,9-10,13,15,17,25H,2,5-8,11-12H2/t15-,17-/m1/s1. The van der Waals surface area contributed by atoms with E-state index in [0.29, 0.717) is 5.92 Å². The molecule has 3 heterocycles. The lowest BCUT2D eigenvalue weighted by atomic mass is 9.98. The van der Waals surface area contributed by atoms with Crippen LogP contribution in [0.2, 0.25) is 0 Å². The first kappa shape index (κ1) is 16.3. The fraction of sp³-hybridized carbons (Fsp3) is 0.474. The molecule has 1 N–H and O–H groups in total. The van der Waals surface area contributed by atoms with Crippen molar-refractivity contribution in [3.63, 3.8) is 0 Å². The summed E-state index contributed by atoms with van der Waals surface area (Å²) in [5, 5.41) is 9.54. The summed E-state index contributed by atoms with van der Waals surface area (Å²) in [6.07, 6.45) is 4.68. The van der Waals surface area contributed by atoms with Crippen LogP contribution in [0, 0.1) is 5.82 Å². The van der Waals surface area contributed by atoms with Crippen LogP contribution in [-0.4, -0.2) is 47.4 Å². The molecule has 2 saturated heterocycles. The van der Waals surface area contributed by atoms with Gasteiger partial charge < -0.3 is 14.9 Å². The van der Waals surface area contributed by atoms with Gasteiger partial charge in [0.15, 0.2) is 0 Å². The van der Waals surface area contributed by atoms with Crippen LogP contribution in [0.3, 0.4) is 0 Å². The van der Waals surface area contributed by atoms with Gasteiger partial charge in [-0.05, 0) is 37.0 Å². The van der Waals surface area contributed by atoms with E-state index >= 15 is 0 Å². The minimum Gasteiger partial charge on any atom is -0.394 e. The van der Waals surface area contributed by atoms with E-state index in [0.717, 1.165) is 56.1 Å². The highest BCUT2D eigenvalue weighted by Gasteiger charge is 2.28. The Hall–Kier alpha value is -2.21. The smallest absolute Gasteiger partial charge is 0.134 e. The lowest BCUT2D eigenvalue weighted by Crippen LogP contribution is -2.33. The number of rotatable bonds is 4. The fourth-order valence-corrected chi connectivity index (χ4v) is 4.00. The van der Waals surface area contributed by atoms with Crippen molar-refractivity contribution in [1.82, 2.24) is 9.97 Å². The van der Waals surface area contributed by atoms with Gasteiger partial charge in [0, 0.05) is 31.6 Å². The van der Waals surface area contributed by atoms with Crippen molar-refractivity contribution >= 4 is 11.6 Å². The molecule has 0 saturated carbocycles. The molecule has 2 aromatic rings. The molecule has 0 aliphatic carbocycles. The minimum atomic E-state index is -0.177. The molecule has 0 unspecified atom stereocenters. The van der Waals surface area contributed by atoms with Gasteiger partial charge in [0.2, 0.25) is 0 Å². The highest BCUT2D eigenvalue weighted by Crippen LogP contribution is 2.32. The zero-order valence-electron chi connectivity index (χ0n) is 14.2. The maximum absolute atomic E-state index is 13.5. The maximum Gasteiger partial charge on any atom is 0.134 e. The second-order valence-corrected chi connectivity index (χ2v) is 6.89. The van der Waals surface area contributed by atoms with Crippen LogP contribution in [0.5, 0.6) is 0 Å². The van der Waals surface area contributed by atoms with Gasteiger partial charge in [0.05, 0.1) is 12.6 Å². The summed E-state index contributed by atoms with van der Waals surface area (Å²) in [6.45, 7) is 2.82. The lowest BCUT2D eigenvalue weighted by Gasteiger charge is -2.25. The number of benzene rings is 1. The Morgan fingerprint density at radius 1 is 1.12 bits per heavy atom. The molecular weight excluding hydrogens is 319 g/mol. The van der Waals surface area contributed by atoms with E-state index in [1.54, 1.807) is 18.5 Å². The summed E-state index contributed by atoms with van der Waals surface area (Å²) in [5.41, 5.74) is 1.05. The Bertz CT molecular complexity index is 741. The van der Waals surface area contributed by atoms with Crippen molar-refractivity contribution < 1.29 is 9.50 Å². The van der Waals surface area contributed by atoms with E-state index in [1.165, 1.54) is 6.07 Å². The van der Waals surface area contributed by atoms with Gasteiger partial charge in [-0.15, -0.1) is 0 Å². The van der Waals surface area contributed by atoms with E-state index in [-0.39, 0.29) is 18.5 Å². The Labute approximate surface area is 147 Å². The molecule has 2 fully saturated rings. The normalized spacial score (nSPS) is 23.4. The zero-order chi connectivity index (χ0) is 17.2. The minimum absolute atomic E-state index is 0.154. The largest absolute Gasteiger partial charge is 0.394 e. The van der Waals surface area contributed by atoms with E-state index < -0.39 is 0 Å². The van der Waals surface area contributed by atoms with Gasteiger partial charge >= 0.3 is 0 Å². The number of anilines is 2. The number of nitrogens with zero attached hydrogens (tertiary/aromatic N) is 4. The van der Waals surface area contributed by atoms with Crippen molar-refractivity contribution in [3.8, 4) is 0 Å². The summed E-state index contributed by atoms with van der Waals surface area (Å²) < 4.78 is 13.5. The number of aliphatic hydroxyl groups is 1. The number of halogens is 1. The van der Waals surface area contributed by atoms with Crippen LogP contribution < -0.4 is 9.80 Å². The third-order valence-electron chi connectivity index (χ3n) is 5.35. The van der Waals surface area contributed by atoms with Crippen LogP contribution in [0.4, 0.5) is 16.0 Å². The van der Waals surface area contributed by atoms with Crippen LogP contribution in [-0.2, 0) is 0 Å². The van der Waals surface area contributed by atoms with Crippen molar-refractivity contribution in [2.45, 2.75) is 31.2 Å². The molecule has 2 aliphatic heterocycles. The summed E-state index contributed by atoms with van der Waals surface area (Å²) in [7, 11) is 0. The van der Waals surface area contributed by atoms with Crippen LogP contribution in [0.25, 0.3) is 0 Å². The average Bonchev–Trinajstić information content (AvgIpc) is 3.31. The molecule has 2 aliphatic rings. The number of aliphatic hydroxyl groups excluding tert-OH is 1. The quantitative estimate of drug-likeness (QED) is 0.925. The molecule has 0 spiro atoms. The molecule has 5 nitrogen and oxygen atoms in total. The first-order valence-electron chi connectivity index (χ1n) is 8.94. The number of hydrogen-bond acceptors (Lipinski definition) is 5. The van der Waals surface area contributed by atoms with Crippen LogP contribution in [0.1, 0.15) is 30.7 Å². The van der Waals surface area contributed by atoms with Gasteiger partial charge in [-0.3, -0.25) is 0 Å². The molecular formula is C19H23FN4O. The number of hydrogen-bond donors (Lipinski definition) is 1. The third-order valence-corrected chi connectivity index (χ3v) is 5.35. The third kappa shape index (κ3) is 3.31. The predicted octanol–water partition coefficient (Wildman–Crippen LogP) is 2.57. The topological polar surface area (TPSA) is 52.5 Å². The van der Waals surface area contributed by atoms with Crippen molar-refractivity contribution in [2.24, 2.45) is 0 Å². The second-order valence-electron chi connectivity index (χ2n) is 6.89. The molecule has 4 rings (SSSR count). The van der Waals surface area contributed by atoms with Gasteiger partial charge in [0.25, 0.3) is 0 Å². The Kier molecular flexibility index (Phi) is 4.53. The molecule has 6 heteroatoms. The van der Waals surface area contributed by atoms with Crippen molar-refractivity contribution in [1.29, 1.82) is 0 Å². The van der Waals surface area contributed by atoms with Crippen LogP contribution >= 0.6 is 0 Å². The monoisotopic (exact) mass is 342 g/mol. The summed E-state index contributed by atoms with van der Waals surface area (Å²) in [5.74, 6) is 1.94. The summed E-state index contributed by atoms with van der Waals surface area (Å²) in [4.78, 5) is 13.3. The molecule has 2 atom stereocenters. The highest BCUT2D eigenvalue weighted by atomic mass is 19.1. The highest BCUT2D eigenvalue weighted by molar-refractivity contribution is 5.52. The van der Waals surface area contributed by atoms with Crippen LogP contribution in [0.15, 0.2) is 36.7 Å². The number of aromatic nitrogens is 2. The fourth-order valence-electron chi connectivity index (χ4n) is 4.00. The van der Waals surface area contributed by atoms with Gasteiger partial charge in [-0.25, -0.2) is 14.4 Å². The molecule has 25 heavy (non-hydrogen) atoms.